The first-order chi connectivity index (χ1) is 14.1. The molecule has 156 valence electrons. The molecular formula is C21H27N3O5. The van der Waals surface area contributed by atoms with Gasteiger partial charge in [-0.25, -0.2) is 0 Å². The van der Waals surface area contributed by atoms with Crippen molar-refractivity contribution in [3.05, 3.63) is 36.0 Å². The van der Waals surface area contributed by atoms with Crippen molar-refractivity contribution in [1.82, 2.24) is 15.4 Å². The van der Waals surface area contributed by atoms with E-state index in [1.165, 1.54) is 12.8 Å². The summed E-state index contributed by atoms with van der Waals surface area (Å²) in [6.45, 7) is 1.75. The predicted octanol–water partition coefficient (Wildman–Crippen LogP) is 2.36. The van der Waals surface area contributed by atoms with Crippen molar-refractivity contribution in [1.29, 1.82) is 0 Å². The highest BCUT2D eigenvalue weighted by Crippen LogP contribution is 2.27. The Morgan fingerprint density at radius 2 is 2.07 bits per heavy atom. The molecule has 1 fully saturated rings. The maximum Gasteiger partial charge on any atom is 0.276 e. The number of hydrogen-bond donors (Lipinski definition) is 1. The first-order valence-corrected chi connectivity index (χ1v) is 9.76. The summed E-state index contributed by atoms with van der Waals surface area (Å²) in [5.41, 5.74) is 0.955. The van der Waals surface area contributed by atoms with E-state index in [2.05, 4.69) is 10.5 Å². The molecule has 0 saturated heterocycles. The maximum absolute atomic E-state index is 12.9. The van der Waals surface area contributed by atoms with Gasteiger partial charge in [-0.1, -0.05) is 17.3 Å². The number of nitrogens with one attached hydrogen (secondary N) is 1. The Bertz CT molecular complexity index is 831. The van der Waals surface area contributed by atoms with E-state index in [-0.39, 0.29) is 23.9 Å². The standard InChI is InChI=1S/C21H27N3O5/c1-27-11-10-24(9-8-20(25)22-14-15-6-7-15)21(26)18-13-19(29-23-18)16-4-3-5-17(12-16)28-2/h3-5,12-13,15H,6-11,14H2,1-2H3,(H,22,25). The fraction of sp³-hybridized carbons (Fsp3) is 0.476. The number of methoxy groups -OCH3 is 2. The van der Waals surface area contributed by atoms with Crippen molar-refractivity contribution < 1.29 is 23.6 Å². The van der Waals surface area contributed by atoms with Crippen LogP contribution < -0.4 is 10.1 Å². The van der Waals surface area contributed by atoms with Gasteiger partial charge in [0.1, 0.15) is 5.75 Å². The fourth-order valence-corrected chi connectivity index (χ4v) is 2.87. The summed E-state index contributed by atoms with van der Waals surface area (Å²) >= 11 is 0. The van der Waals surface area contributed by atoms with E-state index in [1.54, 1.807) is 25.2 Å². The summed E-state index contributed by atoms with van der Waals surface area (Å²) in [5, 5.41) is 6.84. The number of carbonyl (C=O) groups excluding carboxylic acids is 2. The second kappa shape index (κ2) is 10.1. The summed E-state index contributed by atoms with van der Waals surface area (Å²) in [4.78, 5) is 26.5. The van der Waals surface area contributed by atoms with Crippen LogP contribution >= 0.6 is 0 Å². The minimum atomic E-state index is -0.296. The molecule has 1 aromatic heterocycles. The molecule has 8 heteroatoms. The van der Waals surface area contributed by atoms with Gasteiger partial charge in [0.2, 0.25) is 5.91 Å². The molecule has 8 nitrogen and oxygen atoms in total. The van der Waals surface area contributed by atoms with E-state index < -0.39 is 0 Å². The zero-order chi connectivity index (χ0) is 20.6. The third-order valence-corrected chi connectivity index (χ3v) is 4.83. The predicted molar refractivity (Wildman–Crippen MR) is 107 cm³/mol. The minimum absolute atomic E-state index is 0.0515. The van der Waals surface area contributed by atoms with Crippen molar-refractivity contribution in [3.63, 3.8) is 0 Å². The van der Waals surface area contributed by atoms with Crippen LogP contribution in [0.4, 0.5) is 0 Å². The number of nitrogens with zero attached hydrogens (tertiary/aromatic N) is 2. The molecule has 1 aliphatic rings. The Labute approximate surface area is 170 Å². The molecule has 0 radical (unpaired) electrons. The second-order valence-corrected chi connectivity index (χ2v) is 7.09. The molecule has 0 unspecified atom stereocenters. The van der Waals surface area contributed by atoms with Gasteiger partial charge in [0.15, 0.2) is 11.5 Å². The molecule has 0 spiro atoms. The molecule has 1 aliphatic carbocycles. The lowest BCUT2D eigenvalue weighted by molar-refractivity contribution is -0.121. The highest BCUT2D eigenvalue weighted by molar-refractivity contribution is 5.93. The number of carbonyl (C=O) groups is 2. The monoisotopic (exact) mass is 401 g/mol. The van der Waals surface area contributed by atoms with Crippen molar-refractivity contribution in [3.8, 4) is 17.1 Å². The second-order valence-electron chi connectivity index (χ2n) is 7.09. The molecule has 1 N–H and O–H groups in total. The number of ether oxygens (including phenoxy) is 2. The minimum Gasteiger partial charge on any atom is -0.497 e. The van der Waals surface area contributed by atoms with Gasteiger partial charge in [-0.3, -0.25) is 9.59 Å². The van der Waals surface area contributed by atoms with Gasteiger partial charge in [0.25, 0.3) is 5.91 Å². The van der Waals surface area contributed by atoms with E-state index >= 15 is 0 Å². The average Bonchev–Trinajstić information content (AvgIpc) is 3.45. The number of hydrogen-bond acceptors (Lipinski definition) is 6. The smallest absolute Gasteiger partial charge is 0.276 e. The van der Waals surface area contributed by atoms with Crippen LogP contribution in [0.1, 0.15) is 29.8 Å². The lowest BCUT2D eigenvalue weighted by Crippen LogP contribution is -2.37. The molecule has 3 rings (SSSR count). The molecule has 1 aromatic carbocycles. The van der Waals surface area contributed by atoms with Gasteiger partial charge in [0.05, 0.1) is 13.7 Å². The normalized spacial score (nSPS) is 13.2. The number of aromatic nitrogens is 1. The number of rotatable bonds is 11. The molecule has 0 aliphatic heterocycles. The van der Waals surface area contributed by atoms with E-state index in [0.717, 1.165) is 12.1 Å². The summed E-state index contributed by atoms with van der Waals surface area (Å²) in [6.07, 6.45) is 2.60. The van der Waals surface area contributed by atoms with Crippen LogP contribution in [0.15, 0.2) is 34.9 Å². The van der Waals surface area contributed by atoms with Crippen LogP contribution in [0, 0.1) is 5.92 Å². The Hall–Kier alpha value is -2.87. The van der Waals surface area contributed by atoms with Crippen LogP contribution in [0.5, 0.6) is 5.75 Å². The average molecular weight is 401 g/mol. The van der Waals surface area contributed by atoms with Crippen LogP contribution in [-0.2, 0) is 9.53 Å². The molecule has 2 amide bonds. The first-order valence-electron chi connectivity index (χ1n) is 9.76. The SMILES string of the molecule is COCCN(CCC(=O)NCC1CC1)C(=O)c1cc(-c2cccc(OC)c2)on1. The highest BCUT2D eigenvalue weighted by Gasteiger charge is 2.23. The Balaban J connectivity index is 1.63. The summed E-state index contributed by atoms with van der Waals surface area (Å²) in [7, 11) is 3.16. The molecule has 2 aromatic rings. The van der Waals surface area contributed by atoms with Gasteiger partial charge in [-0.15, -0.1) is 0 Å². The number of amides is 2. The quantitative estimate of drug-likeness (QED) is 0.621. The van der Waals surface area contributed by atoms with Gasteiger partial charge in [-0.2, -0.15) is 0 Å². The van der Waals surface area contributed by atoms with E-state index in [0.29, 0.717) is 37.1 Å². The topological polar surface area (TPSA) is 93.9 Å². The third-order valence-electron chi connectivity index (χ3n) is 4.83. The van der Waals surface area contributed by atoms with Gasteiger partial charge < -0.3 is 24.2 Å². The lowest BCUT2D eigenvalue weighted by atomic mass is 10.1. The molecule has 29 heavy (non-hydrogen) atoms. The van der Waals surface area contributed by atoms with Crippen molar-refractivity contribution in [2.24, 2.45) is 5.92 Å². The van der Waals surface area contributed by atoms with Crippen molar-refractivity contribution in [2.45, 2.75) is 19.3 Å². The van der Waals surface area contributed by atoms with Gasteiger partial charge >= 0.3 is 0 Å². The zero-order valence-corrected chi connectivity index (χ0v) is 16.8. The molecule has 0 atom stereocenters. The summed E-state index contributed by atoms with van der Waals surface area (Å²) in [5.74, 6) is 1.43. The fourth-order valence-electron chi connectivity index (χ4n) is 2.87. The van der Waals surface area contributed by atoms with E-state index in [9.17, 15) is 9.59 Å². The highest BCUT2D eigenvalue weighted by atomic mass is 16.5. The van der Waals surface area contributed by atoms with Crippen LogP contribution in [-0.4, -0.2) is 62.3 Å². The van der Waals surface area contributed by atoms with Crippen LogP contribution in [0.3, 0.4) is 0 Å². The van der Waals surface area contributed by atoms with E-state index in [1.807, 2.05) is 24.3 Å². The Morgan fingerprint density at radius 1 is 1.24 bits per heavy atom. The molecule has 0 bridgehead atoms. The van der Waals surface area contributed by atoms with Gasteiger partial charge in [-0.05, 0) is 30.9 Å². The maximum atomic E-state index is 12.9. The summed E-state index contributed by atoms with van der Waals surface area (Å²) in [6, 6.07) is 8.92. The number of benzene rings is 1. The van der Waals surface area contributed by atoms with Crippen LogP contribution in [0.25, 0.3) is 11.3 Å². The summed E-state index contributed by atoms with van der Waals surface area (Å²) < 4.78 is 15.7. The zero-order valence-electron chi connectivity index (χ0n) is 16.8. The van der Waals surface area contributed by atoms with Crippen LogP contribution in [0.2, 0.25) is 0 Å². The lowest BCUT2D eigenvalue weighted by Gasteiger charge is -2.21. The molecular weight excluding hydrogens is 374 g/mol. The van der Waals surface area contributed by atoms with E-state index in [4.69, 9.17) is 14.0 Å². The van der Waals surface area contributed by atoms with Gasteiger partial charge in [0, 0.05) is 44.8 Å². The van der Waals surface area contributed by atoms with Crippen molar-refractivity contribution >= 4 is 11.8 Å². The molecule has 1 heterocycles. The Morgan fingerprint density at radius 3 is 2.79 bits per heavy atom. The first kappa shape index (κ1) is 20.9. The van der Waals surface area contributed by atoms with Crippen molar-refractivity contribution in [2.75, 3.05) is 40.5 Å². The Kier molecular flexibility index (Phi) is 7.24. The largest absolute Gasteiger partial charge is 0.497 e. The third kappa shape index (κ3) is 6.05. The molecule has 1 saturated carbocycles.